The van der Waals surface area contributed by atoms with Crippen molar-refractivity contribution >= 4 is 5.91 Å². The van der Waals surface area contributed by atoms with E-state index in [0.717, 1.165) is 83.7 Å². The Balaban J connectivity index is 1.27. The topological polar surface area (TPSA) is 62.8 Å². The standard InChI is InChI=1S/C25H39N3O3/c1-2-3-20-4-6-23(7-5-20)31-15-12-27-24(29)25-10-8-22(28-13-16-30-17-14-28)18-21(25)9-11-26-19-25/h4-7,21-22,26H,2-3,8-19H2,1H3,(H,27,29)/t21-,22-,25-/m1/s1. The Hall–Kier alpha value is -1.63. The Kier molecular flexibility index (Phi) is 7.86. The maximum atomic E-state index is 13.3. The summed E-state index contributed by atoms with van der Waals surface area (Å²) in [6.07, 6.45) is 6.55. The summed E-state index contributed by atoms with van der Waals surface area (Å²) in [5.41, 5.74) is 1.08. The number of carbonyl (C=O) groups excluding carboxylic acids is 1. The van der Waals surface area contributed by atoms with Crippen molar-refractivity contribution in [2.24, 2.45) is 11.3 Å². The van der Waals surface area contributed by atoms with Gasteiger partial charge < -0.3 is 20.1 Å². The SMILES string of the molecule is CCCc1ccc(OCCNC(=O)[C@@]23CC[C@@H](N4CCOCC4)C[C@H]2CCNC3)cc1. The molecule has 3 atom stereocenters. The van der Waals surface area contributed by atoms with Crippen molar-refractivity contribution in [3.05, 3.63) is 29.8 Å². The highest BCUT2D eigenvalue weighted by Crippen LogP contribution is 2.46. The van der Waals surface area contributed by atoms with Gasteiger partial charge in [0.2, 0.25) is 5.91 Å². The summed E-state index contributed by atoms with van der Waals surface area (Å²) in [6.45, 7) is 8.82. The zero-order chi connectivity index (χ0) is 21.5. The smallest absolute Gasteiger partial charge is 0.227 e. The van der Waals surface area contributed by atoms with Crippen LogP contribution in [0.3, 0.4) is 0 Å². The highest BCUT2D eigenvalue weighted by Gasteiger charge is 2.50. The molecule has 3 fully saturated rings. The van der Waals surface area contributed by atoms with E-state index in [1.807, 2.05) is 12.1 Å². The second kappa shape index (κ2) is 10.8. The molecule has 6 heteroatoms. The quantitative estimate of drug-likeness (QED) is 0.622. The van der Waals surface area contributed by atoms with Crippen molar-refractivity contribution < 1.29 is 14.3 Å². The van der Waals surface area contributed by atoms with Crippen LogP contribution in [-0.2, 0) is 16.0 Å². The fourth-order valence-electron chi connectivity index (χ4n) is 5.72. The molecule has 0 aromatic heterocycles. The third kappa shape index (κ3) is 5.41. The molecule has 3 aliphatic rings. The normalized spacial score (nSPS) is 29.2. The molecule has 1 aromatic carbocycles. The molecule has 2 N–H and O–H groups in total. The van der Waals surface area contributed by atoms with Gasteiger partial charge in [0.15, 0.2) is 0 Å². The van der Waals surface area contributed by atoms with E-state index in [2.05, 4.69) is 34.6 Å². The molecule has 1 saturated carbocycles. The summed E-state index contributed by atoms with van der Waals surface area (Å²) in [4.78, 5) is 15.9. The Morgan fingerprint density at radius 1 is 1.26 bits per heavy atom. The van der Waals surface area contributed by atoms with Crippen LogP contribution in [0.15, 0.2) is 24.3 Å². The number of hydrogen-bond donors (Lipinski definition) is 2. The first-order chi connectivity index (χ1) is 15.2. The van der Waals surface area contributed by atoms with Gasteiger partial charge >= 0.3 is 0 Å². The molecule has 2 heterocycles. The van der Waals surface area contributed by atoms with Crippen molar-refractivity contribution in [2.45, 2.75) is 51.5 Å². The molecule has 0 radical (unpaired) electrons. The molecule has 1 aliphatic carbocycles. The Labute approximate surface area is 187 Å². The number of piperidine rings is 1. The lowest BCUT2D eigenvalue weighted by atomic mass is 9.61. The van der Waals surface area contributed by atoms with E-state index < -0.39 is 0 Å². The molecular formula is C25H39N3O3. The zero-order valence-electron chi connectivity index (χ0n) is 19.0. The van der Waals surface area contributed by atoms with Gasteiger partial charge in [-0.25, -0.2) is 0 Å². The molecule has 172 valence electrons. The molecule has 2 aliphatic heterocycles. The molecule has 2 saturated heterocycles. The van der Waals surface area contributed by atoms with Crippen LogP contribution < -0.4 is 15.4 Å². The molecule has 6 nitrogen and oxygen atoms in total. The average Bonchev–Trinajstić information content (AvgIpc) is 2.83. The molecule has 31 heavy (non-hydrogen) atoms. The third-order valence-electron chi connectivity index (χ3n) is 7.50. The van der Waals surface area contributed by atoms with E-state index in [4.69, 9.17) is 9.47 Å². The van der Waals surface area contributed by atoms with E-state index in [1.165, 1.54) is 5.56 Å². The van der Waals surface area contributed by atoms with Crippen molar-refractivity contribution in [3.8, 4) is 5.75 Å². The molecule has 0 unspecified atom stereocenters. The van der Waals surface area contributed by atoms with E-state index in [-0.39, 0.29) is 11.3 Å². The number of hydrogen-bond acceptors (Lipinski definition) is 5. The van der Waals surface area contributed by atoms with Crippen LogP contribution in [0.2, 0.25) is 0 Å². The highest BCUT2D eigenvalue weighted by molar-refractivity contribution is 5.83. The van der Waals surface area contributed by atoms with Crippen LogP contribution in [0, 0.1) is 11.3 Å². The number of nitrogens with one attached hydrogen (secondary N) is 2. The maximum absolute atomic E-state index is 13.3. The number of amides is 1. The predicted octanol–water partition coefficient (Wildman–Crippen LogP) is 2.61. The van der Waals surface area contributed by atoms with Crippen LogP contribution in [0.4, 0.5) is 0 Å². The van der Waals surface area contributed by atoms with Gasteiger partial charge in [-0.2, -0.15) is 0 Å². The summed E-state index contributed by atoms with van der Waals surface area (Å²) in [6, 6.07) is 8.91. The second-order valence-corrected chi connectivity index (χ2v) is 9.39. The number of ether oxygens (including phenoxy) is 2. The van der Waals surface area contributed by atoms with Crippen LogP contribution in [0.25, 0.3) is 0 Å². The van der Waals surface area contributed by atoms with Crippen molar-refractivity contribution in [2.75, 3.05) is 52.5 Å². The van der Waals surface area contributed by atoms with Gasteiger partial charge in [0.05, 0.1) is 25.2 Å². The van der Waals surface area contributed by atoms with Gasteiger partial charge in [0.1, 0.15) is 12.4 Å². The number of fused-ring (bicyclic) bond motifs is 1. The minimum atomic E-state index is -0.261. The minimum Gasteiger partial charge on any atom is -0.492 e. The van der Waals surface area contributed by atoms with Crippen molar-refractivity contribution in [3.63, 3.8) is 0 Å². The van der Waals surface area contributed by atoms with Crippen molar-refractivity contribution in [1.29, 1.82) is 0 Å². The number of morpholine rings is 1. The summed E-state index contributed by atoms with van der Waals surface area (Å²) in [5.74, 6) is 1.55. The number of aryl methyl sites for hydroxylation is 1. The van der Waals surface area contributed by atoms with Gasteiger partial charge in [-0.1, -0.05) is 25.5 Å². The third-order valence-corrected chi connectivity index (χ3v) is 7.50. The molecule has 0 bridgehead atoms. The van der Waals surface area contributed by atoms with Gasteiger partial charge in [-0.3, -0.25) is 9.69 Å². The zero-order valence-corrected chi connectivity index (χ0v) is 19.0. The summed E-state index contributed by atoms with van der Waals surface area (Å²) >= 11 is 0. The fourth-order valence-corrected chi connectivity index (χ4v) is 5.72. The predicted molar refractivity (Wildman–Crippen MR) is 122 cm³/mol. The maximum Gasteiger partial charge on any atom is 0.227 e. The number of benzene rings is 1. The van der Waals surface area contributed by atoms with Gasteiger partial charge in [-0.15, -0.1) is 0 Å². The van der Waals surface area contributed by atoms with Crippen LogP contribution in [0.1, 0.15) is 44.6 Å². The van der Waals surface area contributed by atoms with Gasteiger partial charge in [-0.05, 0) is 62.3 Å². The van der Waals surface area contributed by atoms with Gasteiger partial charge in [0, 0.05) is 25.7 Å². The molecule has 0 spiro atoms. The Morgan fingerprint density at radius 3 is 2.84 bits per heavy atom. The summed E-state index contributed by atoms with van der Waals surface area (Å²) < 4.78 is 11.4. The summed E-state index contributed by atoms with van der Waals surface area (Å²) in [5, 5.41) is 6.71. The summed E-state index contributed by atoms with van der Waals surface area (Å²) in [7, 11) is 0. The lowest BCUT2D eigenvalue weighted by Crippen LogP contribution is -2.60. The monoisotopic (exact) mass is 429 g/mol. The first-order valence-electron chi connectivity index (χ1n) is 12.2. The van der Waals surface area contributed by atoms with Crippen LogP contribution in [0.5, 0.6) is 5.75 Å². The van der Waals surface area contributed by atoms with E-state index in [9.17, 15) is 4.79 Å². The lowest BCUT2D eigenvalue weighted by Gasteiger charge is -2.50. The molecule has 1 aromatic rings. The molecule has 1 amide bonds. The molecule has 4 rings (SSSR count). The van der Waals surface area contributed by atoms with Crippen molar-refractivity contribution in [1.82, 2.24) is 15.5 Å². The largest absolute Gasteiger partial charge is 0.492 e. The first kappa shape index (κ1) is 22.6. The number of carbonyl (C=O) groups is 1. The number of rotatable bonds is 8. The minimum absolute atomic E-state index is 0.215. The van der Waals surface area contributed by atoms with Crippen LogP contribution >= 0.6 is 0 Å². The second-order valence-electron chi connectivity index (χ2n) is 9.39. The van der Waals surface area contributed by atoms with E-state index in [1.54, 1.807) is 0 Å². The highest BCUT2D eigenvalue weighted by atomic mass is 16.5. The lowest BCUT2D eigenvalue weighted by molar-refractivity contribution is -0.140. The fraction of sp³-hybridized carbons (Fsp3) is 0.720. The molecular weight excluding hydrogens is 390 g/mol. The Bertz CT molecular complexity index is 704. The Morgan fingerprint density at radius 2 is 2.06 bits per heavy atom. The van der Waals surface area contributed by atoms with E-state index >= 15 is 0 Å². The van der Waals surface area contributed by atoms with Crippen LogP contribution in [-0.4, -0.2) is 69.4 Å². The van der Waals surface area contributed by atoms with E-state index in [0.29, 0.717) is 25.1 Å². The van der Waals surface area contributed by atoms with Gasteiger partial charge in [0.25, 0.3) is 0 Å². The first-order valence-corrected chi connectivity index (χ1v) is 12.2. The number of nitrogens with zero attached hydrogens (tertiary/aromatic N) is 1. The average molecular weight is 430 g/mol.